The summed E-state index contributed by atoms with van der Waals surface area (Å²) in [6.07, 6.45) is 3.61. The molecule has 202 valence electrons. The number of nitrogens with one attached hydrogen (secondary N) is 3. The standard InChI is InChI=1S/C22H41N5O7S/c1-4-13(2)18(22(33)34)27-21(32)16(10-12-35-3)26-20(31)15(8-9-17(28)29)25-19(30)14(24)7-5-6-11-23/h13-16,18H,4-12,23-24H2,1-3H3,(H,25,30)(H,26,31)(H,27,32)(H,28,29)(H,33,34). The van der Waals surface area contributed by atoms with Crippen LogP contribution in [-0.4, -0.2) is 82.6 Å². The minimum absolute atomic E-state index is 0.204. The third-order valence-corrected chi connectivity index (χ3v) is 6.25. The highest BCUT2D eigenvalue weighted by atomic mass is 32.2. The molecule has 13 heteroatoms. The number of unbranched alkanes of at least 4 members (excludes halogenated alkanes) is 1. The molecule has 0 fully saturated rings. The monoisotopic (exact) mass is 519 g/mol. The molecular formula is C22H41N5O7S. The summed E-state index contributed by atoms with van der Waals surface area (Å²) in [6.45, 7) is 3.95. The molecule has 0 aliphatic rings. The van der Waals surface area contributed by atoms with E-state index in [1.165, 1.54) is 11.8 Å². The van der Waals surface area contributed by atoms with Crippen molar-refractivity contribution in [2.24, 2.45) is 17.4 Å². The number of aliphatic carboxylic acids is 2. The first-order valence-corrected chi connectivity index (χ1v) is 13.2. The minimum atomic E-state index is -1.23. The summed E-state index contributed by atoms with van der Waals surface area (Å²) >= 11 is 1.44. The highest BCUT2D eigenvalue weighted by Crippen LogP contribution is 2.10. The van der Waals surface area contributed by atoms with Gasteiger partial charge in [-0.15, -0.1) is 0 Å². The molecule has 0 bridgehead atoms. The molecule has 0 aliphatic carbocycles. The number of amides is 3. The van der Waals surface area contributed by atoms with Crippen LogP contribution in [0, 0.1) is 5.92 Å². The summed E-state index contributed by atoms with van der Waals surface area (Å²) < 4.78 is 0. The number of nitrogens with two attached hydrogens (primary N) is 2. The molecule has 0 aromatic heterocycles. The fourth-order valence-corrected chi connectivity index (χ4v) is 3.64. The number of carboxylic acids is 2. The van der Waals surface area contributed by atoms with Gasteiger partial charge in [0.25, 0.3) is 0 Å². The van der Waals surface area contributed by atoms with Crippen molar-refractivity contribution in [1.82, 2.24) is 16.0 Å². The Labute approximate surface area is 210 Å². The van der Waals surface area contributed by atoms with Crippen LogP contribution in [0.4, 0.5) is 0 Å². The van der Waals surface area contributed by atoms with Gasteiger partial charge in [0.2, 0.25) is 17.7 Å². The van der Waals surface area contributed by atoms with Gasteiger partial charge in [-0.1, -0.05) is 26.7 Å². The summed E-state index contributed by atoms with van der Waals surface area (Å²) in [5.41, 5.74) is 11.3. The molecule has 0 radical (unpaired) electrons. The molecule has 35 heavy (non-hydrogen) atoms. The average molecular weight is 520 g/mol. The summed E-state index contributed by atoms with van der Waals surface area (Å²) in [7, 11) is 0. The van der Waals surface area contributed by atoms with Gasteiger partial charge in [0.05, 0.1) is 6.04 Å². The Bertz CT molecular complexity index is 710. The fourth-order valence-electron chi connectivity index (χ4n) is 3.17. The smallest absolute Gasteiger partial charge is 0.326 e. The molecule has 3 amide bonds. The quantitative estimate of drug-likeness (QED) is 0.110. The second-order valence-corrected chi connectivity index (χ2v) is 9.42. The van der Waals surface area contributed by atoms with Crippen molar-refractivity contribution in [1.29, 1.82) is 0 Å². The van der Waals surface area contributed by atoms with Crippen molar-refractivity contribution in [3.8, 4) is 0 Å². The maximum Gasteiger partial charge on any atom is 0.326 e. The zero-order chi connectivity index (χ0) is 27.0. The van der Waals surface area contributed by atoms with Gasteiger partial charge >= 0.3 is 11.9 Å². The molecule has 0 heterocycles. The molecule has 12 nitrogen and oxygen atoms in total. The van der Waals surface area contributed by atoms with Gasteiger partial charge in [0.15, 0.2) is 0 Å². The van der Waals surface area contributed by atoms with Crippen LogP contribution in [0.3, 0.4) is 0 Å². The van der Waals surface area contributed by atoms with Crippen molar-refractivity contribution in [3.05, 3.63) is 0 Å². The molecule has 5 atom stereocenters. The van der Waals surface area contributed by atoms with E-state index in [4.69, 9.17) is 16.6 Å². The molecule has 0 aromatic rings. The van der Waals surface area contributed by atoms with E-state index in [2.05, 4.69) is 16.0 Å². The molecular weight excluding hydrogens is 478 g/mol. The first kappa shape index (κ1) is 32.6. The van der Waals surface area contributed by atoms with E-state index in [1.807, 2.05) is 6.26 Å². The fraction of sp³-hybridized carbons (Fsp3) is 0.773. The van der Waals surface area contributed by atoms with Crippen molar-refractivity contribution in [2.75, 3.05) is 18.6 Å². The summed E-state index contributed by atoms with van der Waals surface area (Å²) in [5.74, 6) is -4.20. The third-order valence-electron chi connectivity index (χ3n) is 5.61. The number of carbonyl (C=O) groups excluding carboxylic acids is 3. The van der Waals surface area contributed by atoms with E-state index in [0.717, 1.165) is 0 Å². The summed E-state index contributed by atoms with van der Waals surface area (Å²) in [6, 6.07) is -4.32. The third kappa shape index (κ3) is 13.3. The van der Waals surface area contributed by atoms with Crippen LogP contribution in [0.1, 0.15) is 58.8 Å². The number of carboxylic acid groups (broad SMARTS) is 2. The Morgan fingerprint density at radius 1 is 0.886 bits per heavy atom. The molecule has 0 aliphatic heterocycles. The zero-order valence-corrected chi connectivity index (χ0v) is 21.6. The first-order valence-electron chi connectivity index (χ1n) is 11.8. The van der Waals surface area contributed by atoms with Gasteiger partial charge in [-0.25, -0.2) is 4.79 Å². The molecule has 0 saturated carbocycles. The maximum atomic E-state index is 13.0. The van der Waals surface area contributed by atoms with Gasteiger partial charge in [-0.2, -0.15) is 11.8 Å². The molecule has 9 N–H and O–H groups in total. The van der Waals surface area contributed by atoms with Gasteiger partial charge in [-0.05, 0) is 50.2 Å². The topological polar surface area (TPSA) is 214 Å². The van der Waals surface area contributed by atoms with E-state index in [1.54, 1.807) is 13.8 Å². The van der Waals surface area contributed by atoms with Crippen molar-refractivity contribution in [3.63, 3.8) is 0 Å². The maximum absolute atomic E-state index is 13.0. The van der Waals surface area contributed by atoms with E-state index < -0.39 is 60.2 Å². The number of thioether (sulfide) groups is 1. The number of hydrogen-bond donors (Lipinski definition) is 7. The number of rotatable bonds is 19. The lowest BCUT2D eigenvalue weighted by atomic mass is 9.98. The Morgan fingerprint density at radius 2 is 1.46 bits per heavy atom. The van der Waals surface area contributed by atoms with Gasteiger partial charge in [0, 0.05) is 6.42 Å². The second-order valence-electron chi connectivity index (χ2n) is 8.44. The molecule has 0 rings (SSSR count). The zero-order valence-electron chi connectivity index (χ0n) is 20.7. The lowest BCUT2D eigenvalue weighted by Gasteiger charge is -2.26. The molecule has 0 spiro atoms. The Kier molecular flexibility index (Phi) is 16.7. The largest absolute Gasteiger partial charge is 0.481 e. The van der Waals surface area contributed by atoms with E-state index in [-0.39, 0.29) is 18.8 Å². The average Bonchev–Trinajstić information content (AvgIpc) is 2.81. The van der Waals surface area contributed by atoms with Crippen molar-refractivity contribution >= 4 is 41.4 Å². The van der Waals surface area contributed by atoms with Gasteiger partial charge < -0.3 is 37.6 Å². The van der Waals surface area contributed by atoms with Gasteiger partial charge in [0.1, 0.15) is 18.1 Å². The number of carbonyl (C=O) groups is 5. The number of hydrogen-bond acceptors (Lipinski definition) is 8. The highest BCUT2D eigenvalue weighted by Gasteiger charge is 2.31. The molecule has 0 aromatic carbocycles. The normalized spacial score (nSPS) is 15.2. The Morgan fingerprint density at radius 3 is 1.97 bits per heavy atom. The molecule has 0 saturated heterocycles. The summed E-state index contributed by atoms with van der Waals surface area (Å²) in [5, 5.41) is 26.0. The molecule has 5 unspecified atom stereocenters. The predicted octanol–water partition coefficient (Wildman–Crippen LogP) is -0.354. The van der Waals surface area contributed by atoms with Crippen molar-refractivity contribution in [2.45, 2.75) is 83.0 Å². The lowest BCUT2D eigenvalue weighted by molar-refractivity contribution is -0.143. The van der Waals surface area contributed by atoms with Crippen LogP contribution in [0.2, 0.25) is 0 Å². The van der Waals surface area contributed by atoms with E-state index in [9.17, 15) is 29.1 Å². The summed E-state index contributed by atoms with van der Waals surface area (Å²) in [4.78, 5) is 61.0. The van der Waals surface area contributed by atoms with Crippen LogP contribution in [0.5, 0.6) is 0 Å². The minimum Gasteiger partial charge on any atom is -0.481 e. The van der Waals surface area contributed by atoms with Crippen LogP contribution < -0.4 is 27.4 Å². The van der Waals surface area contributed by atoms with E-state index >= 15 is 0 Å². The first-order chi connectivity index (χ1) is 16.5. The van der Waals surface area contributed by atoms with Crippen LogP contribution in [0.25, 0.3) is 0 Å². The SMILES string of the molecule is CCC(C)C(NC(=O)C(CCSC)NC(=O)C(CCC(=O)O)NC(=O)C(N)CCCCN)C(=O)O. The van der Waals surface area contributed by atoms with Crippen LogP contribution in [0.15, 0.2) is 0 Å². The van der Waals surface area contributed by atoms with Crippen molar-refractivity contribution < 1.29 is 34.2 Å². The Hall–Kier alpha value is -2.38. The highest BCUT2D eigenvalue weighted by molar-refractivity contribution is 7.98. The van der Waals surface area contributed by atoms with E-state index in [0.29, 0.717) is 38.0 Å². The second kappa shape index (κ2) is 18.0. The van der Waals surface area contributed by atoms with Crippen LogP contribution >= 0.6 is 11.8 Å². The Balaban J connectivity index is 5.49. The predicted molar refractivity (Wildman–Crippen MR) is 134 cm³/mol. The van der Waals surface area contributed by atoms with Crippen LogP contribution in [-0.2, 0) is 24.0 Å². The lowest BCUT2D eigenvalue weighted by Crippen LogP contribution is -2.57. The van der Waals surface area contributed by atoms with Gasteiger partial charge in [-0.3, -0.25) is 19.2 Å².